The van der Waals surface area contributed by atoms with E-state index in [2.05, 4.69) is 5.32 Å². The van der Waals surface area contributed by atoms with Gasteiger partial charge in [0.05, 0.1) is 0 Å². The molecular weight excluding hydrogens is 338 g/mol. The SMILES string of the molecule is CCN(CC)S(=O)(=O)c1cc(C(=O)Nc2cccc(C)c2C)n(C)c1. The Hall–Kier alpha value is -2.12. The highest BCUT2D eigenvalue weighted by atomic mass is 32.2. The number of benzene rings is 1. The summed E-state index contributed by atoms with van der Waals surface area (Å²) in [4.78, 5) is 12.7. The lowest BCUT2D eigenvalue weighted by molar-refractivity contribution is 0.101. The van der Waals surface area contributed by atoms with Crippen LogP contribution in [0.4, 0.5) is 5.69 Å². The lowest BCUT2D eigenvalue weighted by Gasteiger charge is -2.17. The number of sulfonamides is 1. The number of nitrogens with zero attached hydrogens (tertiary/aromatic N) is 2. The van der Waals surface area contributed by atoms with E-state index >= 15 is 0 Å². The third kappa shape index (κ3) is 3.77. The maximum absolute atomic E-state index is 12.6. The van der Waals surface area contributed by atoms with Crippen molar-refractivity contribution in [1.29, 1.82) is 0 Å². The maximum Gasteiger partial charge on any atom is 0.272 e. The molecule has 0 radical (unpaired) electrons. The fourth-order valence-electron chi connectivity index (χ4n) is 2.69. The van der Waals surface area contributed by atoms with Crippen LogP contribution in [0.3, 0.4) is 0 Å². The molecule has 1 heterocycles. The molecular formula is C18H25N3O3S. The summed E-state index contributed by atoms with van der Waals surface area (Å²) >= 11 is 0. The van der Waals surface area contributed by atoms with Crippen LogP contribution < -0.4 is 5.32 Å². The smallest absolute Gasteiger partial charge is 0.272 e. The molecule has 1 aromatic carbocycles. The van der Waals surface area contributed by atoms with E-state index < -0.39 is 10.0 Å². The average Bonchev–Trinajstić information content (AvgIpc) is 2.95. The Labute approximate surface area is 149 Å². The molecule has 0 bridgehead atoms. The van der Waals surface area contributed by atoms with Crippen LogP contribution in [0.5, 0.6) is 0 Å². The molecule has 2 rings (SSSR count). The molecule has 1 N–H and O–H groups in total. The minimum atomic E-state index is -3.59. The minimum absolute atomic E-state index is 0.129. The van der Waals surface area contributed by atoms with E-state index in [1.165, 1.54) is 21.1 Å². The van der Waals surface area contributed by atoms with Crippen LogP contribution >= 0.6 is 0 Å². The predicted octanol–water partition coefficient (Wildman–Crippen LogP) is 2.92. The van der Waals surface area contributed by atoms with Gasteiger partial charge < -0.3 is 9.88 Å². The van der Waals surface area contributed by atoms with Crippen LogP contribution in [0, 0.1) is 13.8 Å². The van der Waals surface area contributed by atoms with Gasteiger partial charge in [0.15, 0.2) is 0 Å². The molecule has 6 nitrogen and oxygen atoms in total. The zero-order valence-corrected chi connectivity index (χ0v) is 16.1. The van der Waals surface area contributed by atoms with Crippen molar-refractivity contribution < 1.29 is 13.2 Å². The lowest BCUT2D eigenvalue weighted by Crippen LogP contribution is -2.30. The van der Waals surface area contributed by atoms with E-state index in [0.717, 1.165) is 16.8 Å². The molecule has 25 heavy (non-hydrogen) atoms. The van der Waals surface area contributed by atoms with Crippen LogP contribution in [-0.4, -0.2) is 36.3 Å². The van der Waals surface area contributed by atoms with Gasteiger partial charge in [-0.25, -0.2) is 8.42 Å². The Kier molecular flexibility index (Phi) is 5.69. The van der Waals surface area contributed by atoms with E-state index in [0.29, 0.717) is 18.8 Å². The van der Waals surface area contributed by atoms with Crippen molar-refractivity contribution in [3.63, 3.8) is 0 Å². The van der Waals surface area contributed by atoms with Crippen molar-refractivity contribution in [2.45, 2.75) is 32.6 Å². The summed E-state index contributed by atoms with van der Waals surface area (Å²) in [6, 6.07) is 7.10. The summed E-state index contributed by atoms with van der Waals surface area (Å²) in [6.07, 6.45) is 1.48. The standard InChI is InChI=1S/C18H25N3O3S/c1-6-21(7-2)25(23,24)15-11-17(20(5)12-15)18(22)19-16-10-8-9-13(3)14(16)4/h8-12H,6-7H2,1-5H3,(H,19,22). The van der Waals surface area contributed by atoms with Crippen LogP contribution in [0.15, 0.2) is 35.4 Å². The number of anilines is 1. The van der Waals surface area contributed by atoms with Gasteiger partial charge in [0.25, 0.3) is 5.91 Å². The fourth-order valence-corrected chi connectivity index (χ4v) is 4.22. The third-order valence-corrected chi connectivity index (χ3v) is 6.42. The second-order valence-corrected chi connectivity index (χ2v) is 7.90. The van der Waals surface area contributed by atoms with Crippen LogP contribution in [0.1, 0.15) is 35.5 Å². The highest BCUT2D eigenvalue weighted by molar-refractivity contribution is 7.89. The van der Waals surface area contributed by atoms with Crippen molar-refractivity contribution in [3.05, 3.63) is 47.3 Å². The number of carbonyl (C=O) groups excluding carboxylic acids is 1. The van der Waals surface area contributed by atoms with E-state index in [1.54, 1.807) is 20.9 Å². The first kappa shape index (κ1) is 19.2. The number of hydrogen-bond donors (Lipinski definition) is 1. The van der Waals surface area contributed by atoms with Gasteiger partial charge in [-0.05, 0) is 37.1 Å². The van der Waals surface area contributed by atoms with Gasteiger partial charge in [-0.2, -0.15) is 4.31 Å². The molecule has 1 aromatic heterocycles. The monoisotopic (exact) mass is 363 g/mol. The molecule has 0 unspecified atom stereocenters. The molecule has 0 aliphatic heterocycles. The first-order chi connectivity index (χ1) is 11.7. The van der Waals surface area contributed by atoms with Gasteiger partial charge in [0.2, 0.25) is 10.0 Å². The number of carbonyl (C=O) groups is 1. The Morgan fingerprint density at radius 2 is 1.84 bits per heavy atom. The van der Waals surface area contributed by atoms with E-state index in [-0.39, 0.29) is 10.8 Å². The molecule has 0 saturated carbocycles. The molecule has 0 aliphatic carbocycles. The molecule has 2 aromatic rings. The highest BCUT2D eigenvalue weighted by Gasteiger charge is 2.25. The molecule has 136 valence electrons. The summed E-state index contributed by atoms with van der Waals surface area (Å²) < 4.78 is 28.1. The minimum Gasteiger partial charge on any atom is -0.345 e. The van der Waals surface area contributed by atoms with E-state index in [4.69, 9.17) is 0 Å². The number of hydrogen-bond acceptors (Lipinski definition) is 3. The average molecular weight is 363 g/mol. The van der Waals surface area contributed by atoms with Crippen molar-refractivity contribution in [2.24, 2.45) is 7.05 Å². The summed E-state index contributed by atoms with van der Waals surface area (Å²) in [5, 5.41) is 2.86. The Bertz CT molecular complexity index is 881. The Morgan fingerprint density at radius 3 is 2.44 bits per heavy atom. The molecule has 1 amide bonds. The normalized spacial score (nSPS) is 11.8. The molecule has 0 saturated heterocycles. The van der Waals surface area contributed by atoms with E-state index in [1.807, 2.05) is 32.0 Å². The zero-order valence-electron chi connectivity index (χ0n) is 15.3. The second kappa shape index (κ2) is 7.41. The van der Waals surface area contributed by atoms with Crippen LogP contribution in [0.25, 0.3) is 0 Å². The first-order valence-electron chi connectivity index (χ1n) is 8.26. The molecule has 0 spiro atoms. The summed E-state index contributed by atoms with van der Waals surface area (Å²) in [7, 11) is -1.93. The molecule has 0 fully saturated rings. The second-order valence-electron chi connectivity index (χ2n) is 5.96. The van der Waals surface area contributed by atoms with Crippen molar-refractivity contribution in [2.75, 3.05) is 18.4 Å². The summed E-state index contributed by atoms with van der Waals surface area (Å²) in [6.45, 7) is 8.26. The number of amides is 1. The maximum atomic E-state index is 12.6. The number of aromatic nitrogens is 1. The lowest BCUT2D eigenvalue weighted by atomic mass is 10.1. The van der Waals surface area contributed by atoms with Crippen LogP contribution in [0.2, 0.25) is 0 Å². The molecule has 0 atom stereocenters. The first-order valence-corrected chi connectivity index (χ1v) is 9.70. The van der Waals surface area contributed by atoms with Gasteiger partial charge >= 0.3 is 0 Å². The van der Waals surface area contributed by atoms with Crippen molar-refractivity contribution in [1.82, 2.24) is 8.87 Å². The third-order valence-electron chi connectivity index (χ3n) is 4.41. The van der Waals surface area contributed by atoms with Crippen LogP contribution in [-0.2, 0) is 17.1 Å². The van der Waals surface area contributed by atoms with Crippen molar-refractivity contribution >= 4 is 21.6 Å². The number of aryl methyl sites for hydroxylation is 2. The summed E-state index contributed by atoms with van der Waals surface area (Å²) in [5.41, 5.74) is 3.08. The van der Waals surface area contributed by atoms with E-state index in [9.17, 15) is 13.2 Å². The highest BCUT2D eigenvalue weighted by Crippen LogP contribution is 2.21. The summed E-state index contributed by atoms with van der Waals surface area (Å²) in [5.74, 6) is -0.336. The van der Waals surface area contributed by atoms with Crippen molar-refractivity contribution in [3.8, 4) is 0 Å². The molecule has 7 heteroatoms. The molecule has 0 aliphatic rings. The quantitative estimate of drug-likeness (QED) is 0.858. The van der Waals surface area contributed by atoms with Gasteiger partial charge in [0.1, 0.15) is 10.6 Å². The topological polar surface area (TPSA) is 71.4 Å². The Morgan fingerprint density at radius 1 is 1.20 bits per heavy atom. The van der Waals surface area contributed by atoms with Gasteiger partial charge in [-0.1, -0.05) is 26.0 Å². The number of rotatable bonds is 6. The zero-order chi connectivity index (χ0) is 18.8. The predicted molar refractivity (Wildman–Crippen MR) is 99.4 cm³/mol. The largest absolute Gasteiger partial charge is 0.345 e. The van der Waals surface area contributed by atoms with Gasteiger partial charge in [0, 0.05) is 32.0 Å². The fraction of sp³-hybridized carbons (Fsp3) is 0.389. The number of nitrogens with one attached hydrogen (secondary N) is 1. The Balaban J connectivity index is 2.34. The van der Waals surface area contributed by atoms with Gasteiger partial charge in [-0.15, -0.1) is 0 Å². The van der Waals surface area contributed by atoms with Gasteiger partial charge in [-0.3, -0.25) is 4.79 Å².